The Bertz CT molecular complexity index is 377. The fourth-order valence-corrected chi connectivity index (χ4v) is 2.99. The molecule has 1 saturated heterocycles. The molecule has 2 rings (SSSR count). The van der Waals surface area contributed by atoms with Crippen molar-refractivity contribution in [2.24, 2.45) is 0 Å². The largest absolute Gasteiger partial charge is 0.444 e. The number of hydrogen-bond donors (Lipinski definition) is 1. The predicted molar refractivity (Wildman–Crippen MR) is 85.4 cm³/mol. The van der Waals surface area contributed by atoms with Crippen molar-refractivity contribution in [3.05, 3.63) is 11.6 Å². The number of ether oxygens (including phenoxy) is 1. The van der Waals surface area contributed by atoms with Crippen LogP contribution in [0.3, 0.4) is 0 Å². The van der Waals surface area contributed by atoms with Gasteiger partial charge in [-0.25, -0.2) is 4.79 Å². The molecule has 0 radical (unpaired) electrons. The summed E-state index contributed by atoms with van der Waals surface area (Å²) in [4.78, 5) is 13.8. The number of carbonyl (C=O) groups excluding carboxylic acids is 1. The second kappa shape index (κ2) is 7.30. The van der Waals surface area contributed by atoms with Crippen molar-refractivity contribution in [1.82, 2.24) is 10.2 Å². The summed E-state index contributed by atoms with van der Waals surface area (Å²) in [5.74, 6) is 0. The van der Waals surface area contributed by atoms with E-state index in [-0.39, 0.29) is 6.09 Å². The molecule has 0 bridgehead atoms. The molecule has 0 unspecified atom stereocenters. The zero-order valence-corrected chi connectivity index (χ0v) is 13.8. The van der Waals surface area contributed by atoms with Crippen LogP contribution in [0.4, 0.5) is 4.79 Å². The van der Waals surface area contributed by atoms with Crippen molar-refractivity contribution in [2.45, 2.75) is 70.9 Å². The lowest BCUT2D eigenvalue weighted by Crippen LogP contribution is -2.46. The van der Waals surface area contributed by atoms with Gasteiger partial charge in [-0.2, -0.15) is 0 Å². The third kappa shape index (κ3) is 5.70. The number of rotatable bonds is 4. The van der Waals surface area contributed by atoms with Gasteiger partial charge in [0.2, 0.25) is 0 Å². The molecule has 0 atom stereocenters. The zero-order valence-electron chi connectivity index (χ0n) is 13.8. The van der Waals surface area contributed by atoms with E-state index in [9.17, 15) is 4.79 Å². The van der Waals surface area contributed by atoms with Crippen LogP contribution in [-0.4, -0.2) is 42.3 Å². The summed E-state index contributed by atoms with van der Waals surface area (Å²) in [5.41, 5.74) is 1.22. The number of carbonyl (C=O) groups is 1. The average molecular weight is 294 g/mol. The molecule has 4 nitrogen and oxygen atoms in total. The van der Waals surface area contributed by atoms with Gasteiger partial charge in [0.15, 0.2) is 0 Å². The number of amides is 1. The van der Waals surface area contributed by atoms with E-state index in [0.29, 0.717) is 6.04 Å². The maximum Gasteiger partial charge on any atom is 0.410 e. The minimum Gasteiger partial charge on any atom is -0.444 e. The molecule has 0 aromatic carbocycles. The Morgan fingerprint density at radius 1 is 1.38 bits per heavy atom. The van der Waals surface area contributed by atoms with E-state index >= 15 is 0 Å². The van der Waals surface area contributed by atoms with E-state index < -0.39 is 5.60 Å². The van der Waals surface area contributed by atoms with Crippen LogP contribution >= 0.6 is 0 Å². The zero-order chi connectivity index (χ0) is 15.3. The Labute approximate surface area is 128 Å². The molecule has 21 heavy (non-hydrogen) atoms. The normalized spacial score (nSPS) is 20.5. The van der Waals surface area contributed by atoms with Gasteiger partial charge in [0, 0.05) is 19.1 Å². The number of piperidine rings is 1. The van der Waals surface area contributed by atoms with Gasteiger partial charge < -0.3 is 15.0 Å². The van der Waals surface area contributed by atoms with Crippen molar-refractivity contribution in [3.8, 4) is 0 Å². The highest BCUT2D eigenvalue weighted by atomic mass is 16.6. The fraction of sp³-hybridized carbons (Fsp3) is 0.824. The van der Waals surface area contributed by atoms with Gasteiger partial charge in [0.05, 0.1) is 0 Å². The lowest BCUT2D eigenvalue weighted by molar-refractivity contribution is 0.0198. The van der Waals surface area contributed by atoms with Crippen LogP contribution in [0.25, 0.3) is 0 Å². The number of allylic oxidation sites excluding steroid dienone is 1. The minimum absolute atomic E-state index is 0.169. The molecule has 0 saturated carbocycles. The van der Waals surface area contributed by atoms with E-state index in [1.807, 2.05) is 25.7 Å². The van der Waals surface area contributed by atoms with Crippen LogP contribution in [-0.2, 0) is 4.74 Å². The Balaban J connectivity index is 1.62. The van der Waals surface area contributed by atoms with Gasteiger partial charge >= 0.3 is 6.09 Å². The molecule has 120 valence electrons. The molecule has 1 fully saturated rings. The first-order valence-corrected chi connectivity index (χ1v) is 8.33. The summed E-state index contributed by atoms with van der Waals surface area (Å²) in [6.07, 6.45) is 9.36. The third-order valence-corrected chi connectivity index (χ3v) is 4.16. The summed E-state index contributed by atoms with van der Waals surface area (Å²) < 4.78 is 5.42. The molecule has 0 spiro atoms. The van der Waals surface area contributed by atoms with Crippen molar-refractivity contribution in [3.63, 3.8) is 0 Å². The van der Waals surface area contributed by atoms with Gasteiger partial charge in [0.1, 0.15) is 5.60 Å². The van der Waals surface area contributed by atoms with Gasteiger partial charge in [-0.3, -0.25) is 0 Å². The Morgan fingerprint density at radius 3 is 2.67 bits per heavy atom. The highest BCUT2D eigenvalue weighted by molar-refractivity contribution is 5.68. The summed E-state index contributed by atoms with van der Waals surface area (Å²) in [6.45, 7) is 8.41. The number of nitrogens with one attached hydrogen (secondary N) is 1. The van der Waals surface area contributed by atoms with Crippen LogP contribution < -0.4 is 5.32 Å². The average Bonchev–Trinajstić information content (AvgIpc) is 2.91. The monoisotopic (exact) mass is 294 g/mol. The molecule has 0 aromatic heterocycles. The minimum atomic E-state index is -0.402. The predicted octanol–water partition coefficient (Wildman–Crippen LogP) is 3.48. The first-order valence-electron chi connectivity index (χ1n) is 8.33. The lowest BCUT2D eigenvalue weighted by Gasteiger charge is -2.33. The molecule has 1 N–H and O–H groups in total. The van der Waals surface area contributed by atoms with Gasteiger partial charge in [0.25, 0.3) is 0 Å². The summed E-state index contributed by atoms with van der Waals surface area (Å²) >= 11 is 0. The molecular formula is C17H30N2O2. The second-order valence-corrected chi connectivity index (χ2v) is 7.20. The summed E-state index contributed by atoms with van der Waals surface area (Å²) in [7, 11) is 0. The first kappa shape index (κ1) is 16.3. The van der Waals surface area contributed by atoms with Crippen LogP contribution in [0.2, 0.25) is 0 Å². The molecule has 0 aromatic rings. The lowest BCUT2D eigenvalue weighted by atomic mass is 10.0. The van der Waals surface area contributed by atoms with Crippen molar-refractivity contribution < 1.29 is 9.53 Å². The second-order valence-electron chi connectivity index (χ2n) is 7.20. The molecule has 4 heteroatoms. The molecular weight excluding hydrogens is 264 g/mol. The van der Waals surface area contributed by atoms with Crippen LogP contribution in [0, 0.1) is 0 Å². The molecule has 1 heterocycles. The molecule has 1 aliphatic heterocycles. The van der Waals surface area contributed by atoms with E-state index in [0.717, 1.165) is 32.5 Å². The van der Waals surface area contributed by atoms with E-state index in [1.165, 1.54) is 25.7 Å². The SMILES string of the molecule is CC(C)(C)OC(=O)N1CCC(NCCC2=CCCC2)CC1. The van der Waals surface area contributed by atoms with Crippen molar-refractivity contribution in [1.29, 1.82) is 0 Å². The van der Waals surface area contributed by atoms with Crippen molar-refractivity contribution in [2.75, 3.05) is 19.6 Å². The summed E-state index contributed by atoms with van der Waals surface area (Å²) in [5, 5.41) is 3.64. The Kier molecular flexibility index (Phi) is 5.68. The summed E-state index contributed by atoms with van der Waals surface area (Å²) in [6, 6.07) is 0.547. The van der Waals surface area contributed by atoms with Crippen LogP contribution in [0.15, 0.2) is 11.6 Å². The van der Waals surface area contributed by atoms with E-state index in [2.05, 4.69) is 11.4 Å². The third-order valence-electron chi connectivity index (χ3n) is 4.16. The quantitative estimate of drug-likeness (QED) is 0.807. The smallest absolute Gasteiger partial charge is 0.410 e. The van der Waals surface area contributed by atoms with Gasteiger partial charge in [-0.05, 0) is 65.8 Å². The fourth-order valence-electron chi connectivity index (χ4n) is 2.99. The van der Waals surface area contributed by atoms with E-state index in [4.69, 9.17) is 4.74 Å². The standard InChI is InChI=1S/C17H30N2O2/c1-17(2,3)21-16(20)19-12-9-15(10-13-19)18-11-8-14-6-4-5-7-14/h6,15,18H,4-5,7-13H2,1-3H3. The topological polar surface area (TPSA) is 41.6 Å². The van der Waals surface area contributed by atoms with Gasteiger partial charge in [-0.15, -0.1) is 0 Å². The number of likely N-dealkylation sites (tertiary alicyclic amines) is 1. The number of hydrogen-bond acceptors (Lipinski definition) is 3. The highest BCUT2D eigenvalue weighted by Gasteiger charge is 2.26. The maximum absolute atomic E-state index is 12.0. The highest BCUT2D eigenvalue weighted by Crippen LogP contribution is 2.20. The molecule has 2 aliphatic rings. The molecule has 1 aliphatic carbocycles. The van der Waals surface area contributed by atoms with Crippen LogP contribution in [0.1, 0.15) is 59.3 Å². The number of nitrogens with zero attached hydrogens (tertiary/aromatic N) is 1. The van der Waals surface area contributed by atoms with Crippen molar-refractivity contribution >= 4 is 6.09 Å². The van der Waals surface area contributed by atoms with Crippen LogP contribution in [0.5, 0.6) is 0 Å². The van der Waals surface area contributed by atoms with Gasteiger partial charge in [-0.1, -0.05) is 11.6 Å². The Morgan fingerprint density at radius 2 is 2.10 bits per heavy atom. The Hall–Kier alpha value is -1.03. The first-order chi connectivity index (χ1) is 9.94. The maximum atomic E-state index is 12.0. The van der Waals surface area contributed by atoms with E-state index in [1.54, 1.807) is 5.57 Å². The molecule has 1 amide bonds.